The quantitative estimate of drug-likeness (QED) is 0.860. The van der Waals surface area contributed by atoms with E-state index in [1.807, 2.05) is 11.0 Å². The fourth-order valence-corrected chi connectivity index (χ4v) is 2.74. The van der Waals surface area contributed by atoms with Crippen molar-refractivity contribution in [1.82, 2.24) is 9.80 Å². The van der Waals surface area contributed by atoms with Crippen molar-refractivity contribution >= 4 is 17.5 Å². The fourth-order valence-electron chi connectivity index (χ4n) is 2.50. The van der Waals surface area contributed by atoms with E-state index >= 15 is 0 Å². The van der Waals surface area contributed by atoms with Crippen LogP contribution in [0.3, 0.4) is 0 Å². The van der Waals surface area contributed by atoms with E-state index in [2.05, 4.69) is 4.90 Å². The Morgan fingerprint density at radius 1 is 1.20 bits per heavy atom. The highest BCUT2D eigenvalue weighted by Gasteiger charge is 2.19. The number of para-hydroxylation sites is 1. The van der Waals surface area contributed by atoms with Crippen molar-refractivity contribution in [2.75, 3.05) is 38.6 Å². The summed E-state index contributed by atoms with van der Waals surface area (Å²) in [5.41, 5.74) is 0.694. The van der Waals surface area contributed by atoms with Crippen LogP contribution in [0.1, 0.15) is 12.0 Å². The van der Waals surface area contributed by atoms with Crippen molar-refractivity contribution < 1.29 is 9.90 Å². The second kappa shape index (κ2) is 7.50. The minimum Gasteiger partial charge on any atom is -0.508 e. The molecular weight excluding hydrogens is 276 g/mol. The molecule has 1 amide bonds. The summed E-state index contributed by atoms with van der Waals surface area (Å²) < 4.78 is 0. The molecule has 4 nitrogen and oxygen atoms in total. The fraction of sp³-hybridized carbons (Fsp3) is 0.533. The van der Waals surface area contributed by atoms with Crippen molar-refractivity contribution in [3.63, 3.8) is 0 Å². The van der Waals surface area contributed by atoms with Gasteiger partial charge in [-0.05, 0) is 19.0 Å². The minimum atomic E-state index is 0.0826. The van der Waals surface area contributed by atoms with Gasteiger partial charge in [0.05, 0.1) is 6.42 Å². The molecule has 0 spiro atoms. The molecule has 0 aliphatic carbocycles. The maximum absolute atomic E-state index is 12.3. The average Bonchev–Trinajstić information content (AvgIpc) is 2.67. The second-order valence-electron chi connectivity index (χ2n) is 5.07. The number of benzene rings is 1. The average molecular weight is 297 g/mol. The molecule has 0 radical (unpaired) electrons. The molecule has 1 heterocycles. The maximum atomic E-state index is 12.3. The van der Waals surface area contributed by atoms with E-state index in [-0.39, 0.29) is 18.1 Å². The van der Waals surface area contributed by atoms with Crippen LogP contribution >= 0.6 is 11.6 Å². The number of halogens is 1. The van der Waals surface area contributed by atoms with Gasteiger partial charge in [0, 0.05) is 37.6 Å². The lowest BCUT2D eigenvalue weighted by Crippen LogP contribution is -2.36. The first-order valence-electron chi connectivity index (χ1n) is 7.03. The number of amides is 1. The second-order valence-corrected chi connectivity index (χ2v) is 5.45. The summed E-state index contributed by atoms with van der Waals surface area (Å²) in [7, 11) is 0. The summed E-state index contributed by atoms with van der Waals surface area (Å²) in [6.45, 7) is 4.27. The molecule has 1 aliphatic rings. The zero-order chi connectivity index (χ0) is 14.4. The smallest absolute Gasteiger partial charge is 0.227 e. The number of alkyl halides is 1. The van der Waals surface area contributed by atoms with Crippen LogP contribution in [0.4, 0.5) is 0 Å². The normalized spacial score (nSPS) is 16.9. The molecule has 110 valence electrons. The van der Waals surface area contributed by atoms with Gasteiger partial charge in [-0.15, -0.1) is 11.6 Å². The molecule has 1 saturated heterocycles. The highest BCUT2D eigenvalue weighted by atomic mass is 35.5. The van der Waals surface area contributed by atoms with E-state index in [0.29, 0.717) is 11.4 Å². The third-order valence-electron chi connectivity index (χ3n) is 3.68. The molecule has 1 aromatic carbocycles. The molecule has 1 aliphatic heterocycles. The molecule has 0 saturated carbocycles. The van der Waals surface area contributed by atoms with Crippen LogP contribution in [0.5, 0.6) is 5.75 Å². The maximum Gasteiger partial charge on any atom is 0.227 e. The largest absolute Gasteiger partial charge is 0.508 e. The zero-order valence-corrected chi connectivity index (χ0v) is 12.4. The molecule has 0 unspecified atom stereocenters. The van der Waals surface area contributed by atoms with Crippen LogP contribution in [0.2, 0.25) is 0 Å². The first-order valence-corrected chi connectivity index (χ1v) is 7.57. The van der Waals surface area contributed by atoms with Crippen molar-refractivity contribution in [2.24, 2.45) is 0 Å². The van der Waals surface area contributed by atoms with E-state index in [9.17, 15) is 9.90 Å². The topological polar surface area (TPSA) is 43.8 Å². The summed E-state index contributed by atoms with van der Waals surface area (Å²) >= 11 is 5.76. The van der Waals surface area contributed by atoms with Crippen LogP contribution in [0, 0.1) is 0 Å². The molecule has 5 heteroatoms. The SMILES string of the molecule is O=C(Cc1ccccc1O)N1CCCN(CCCl)CC1. The lowest BCUT2D eigenvalue weighted by Gasteiger charge is -2.21. The molecule has 1 aromatic rings. The summed E-state index contributed by atoms with van der Waals surface area (Å²) in [4.78, 5) is 16.5. The standard InChI is InChI=1S/C15H21ClN2O2/c16-6-9-17-7-3-8-18(11-10-17)15(20)12-13-4-1-2-5-14(13)19/h1-2,4-5,19H,3,6-12H2. The number of phenols is 1. The van der Waals surface area contributed by atoms with Crippen LogP contribution in [-0.4, -0.2) is 59.4 Å². The van der Waals surface area contributed by atoms with Crippen molar-refractivity contribution in [1.29, 1.82) is 0 Å². The van der Waals surface area contributed by atoms with Crippen molar-refractivity contribution in [3.8, 4) is 5.75 Å². The Bertz CT molecular complexity index is 453. The zero-order valence-electron chi connectivity index (χ0n) is 11.6. The lowest BCUT2D eigenvalue weighted by atomic mass is 10.1. The molecule has 0 atom stereocenters. The number of hydrogen-bond donors (Lipinski definition) is 1. The Morgan fingerprint density at radius 3 is 2.75 bits per heavy atom. The highest BCUT2D eigenvalue weighted by Crippen LogP contribution is 2.17. The number of phenolic OH excluding ortho intramolecular Hbond substituents is 1. The van der Waals surface area contributed by atoms with Gasteiger partial charge in [-0.1, -0.05) is 18.2 Å². The van der Waals surface area contributed by atoms with E-state index in [0.717, 1.165) is 39.1 Å². The van der Waals surface area contributed by atoms with Gasteiger partial charge in [-0.25, -0.2) is 0 Å². The Morgan fingerprint density at radius 2 is 2.00 bits per heavy atom. The van der Waals surface area contributed by atoms with Crippen LogP contribution in [0.15, 0.2) is 24.3 Å². The van der Waals surface area contributed by atoms with Crippen LogP contribution in [0.25, 0.3) is 0 Å². The van der Waals surface area contributed by atoms with Crippen molar-refractivity contribution in [3.05, 3.63) is 29.8 Å². The first kappa shape index (κ1) is 15.1. The number of carbonyl (C=O) groups excluding carboxylic acids is 1. The Kier molecular flexibility index (Phi) is 5.68. The number of hydrogen-bond acceptors (Lipinski definition) is 3. The molecular formula is C15H21ClN2O2. The number of aromatic hydroxyl groups is 1. The molecule has 20 heavy (non-hydrogen) atoms. The number of rotatable bonds is 4. The molecule has 2 rings (SSSR count). The number of carbonyl (C=O) groups is 1. The molecule has 1 fully saturated rings. The van der Waals surface area contributed by atoms with E-state index in [1.54, 1.807) is 18.2 Å². The van der Waals surface area contributed by atoms with Crippen LogP contribution in [-0.2, 0) is 11.2 Å². The highest BCUT2D eigenvalue weighted by molar-refractivity contribution is 6.18. The summed E-state index contributed by atoms with van der Waals surface area (Å²) in [5.74, 6) is 0.907. The van der Waals surface area contributed by atoms with Gasteiger partial charge in [-0.2, -0.15) is 0 Å². The predicted octanol–water partition coefficient (Wildman–Crippen LogP) is 1.71. The summed E-state index contributed by atoms with van der Waals surface area (Å²) in [6, 6.07) is 7.02. The monoisotopic (exact) mass is 296 g/mol. The Balaban J connectivity index is 1.91. The molecule has 0 bridgehead atoms. The third kappa shape index (κ3) is 4.12. The predicted molar refractivity (Wildman–Crippen MR) is 80.2 cm³/mol. The first-order chi connectivity index (χ1) is 9.70. The summed E-state index contributed by atoms with van der Waals surface area (Å²) in [6.07, 6.45) is 1.24. The van der Waals surface area contributed by atoms with Gasteiger partial charge >= 0.3 is 0 Å². The Hall–Kier alpha value is -1.26. The number of nitrogens with zero attached hydrogens (tertiary/aromatic N) is 2. The van der Waals surface area contributed by atoms with Gasteiger partial charge in [0.15, 0.2) is 0 Å². The van der Waals surface area contributed by atoms with Gasteiger partial charge in [-0.3, -0.25) is 4.79 Å². The van der Waals surface area contributed by atoms with Gasteiger partial charge in [0.1, 0.15) is 5.75 Å². The van der Waals surface area contributed by atoms with Crippen molar-refractivity contribution in [2.45, 2.75) is 12.8 Å². The molecule has 1 N–H and O–H groups in total. The summed E-state index contributed by atoms with van der Waals surface area (Å²) in [5, 5.41) is 9.73. The molecule has 0 aromatic heterocycles. The van der Waals surface area contributed by atoms with E-state index in [4.69, 9.17) is 11.6 Å². The minimum absolute atomic E-state index is 0.0826. The van der Waals surface area contributed by atoms with Crippen LogP contribution < -0.4 is 0 Å². The third-order valence-corrected chi connectivity index (χ3v) is 3.84. The van der Waals surface area contributed by atoms with Gasteiger partial charge < -0.3 is 14.9 Å². The van der Waals surface area contributed by atoms with E-state index in [1.165, 1.54) is 0 Å². The van der Waals surface area contributed by atoms with Gasteiger partial charge in [0.25, 0.3) is 0 Å². The lowest BCUT2D eigenvalue weighted by molar-refractivity contribution is -0.130. The van der Waals surface area contributed by atoms with E-state index < -0.39 is 0 Å². The Labute approximate surface area is 124 Å². The van der Waals surface area contributed by atoms with Gasteiger partial charge in [0.2, 0.25) is 5.91 Å².